The molecule has 1 aromatic heterocycles. The van der Waals surface area contributed by atoms with Crippen LogP contribution in [-0.4, -0.2) is 4.98 Å². The van der Waals surface area contributed by atoms with Crippen molar-refractivity contribution in [3.05, 3.63) is 90.5 Å². The van der Waals surface area contributed by atoms with Crippen molar-refractivity contribution < 1.29 is 0 Å². The van der Waals surface area contributed by atoms with E-state index in [2.05, 4.69) is 101 Å². The normalized spacial score (nSPS) is 11.4. The van der Waals surface area contributed by atoms with Crippen molar-refractivity contribution >= 4 is 48.4 Å². The van der Waals surface area contributed by atoms with Crippen LogP contribution in [0.4, 0.5) is 0 Å². The number of nitrogens with zero attached hydrogens (tertiary/aromatic N) is 1. The summed E-state index contributed by atoms with van der Waals surface area (Å²) in [6, 6.07) is 30.0. The number of alkyl halides is 1. The minimum absolute atomic E-state index is 0.847. The van der Waals surface area contributed by atoms with E-state index in [9.17, 15) is 0 Å². The maximum Gasteiger partial charge on any atom is 0.0794 e. The highest BCUT2D eigenvalue weighted by molar-refractivity contribution is 9.08. The number of fused-ring (bicyclic) bond motifs is 4. The summed E-state index contributed by atoms with van der Waals surface area (Å²) in [5.74, 6) is 0. The van der Waals surface area contributed by atoms with E-state index in [-0.39, 0.29) is 0 Å². The van der Waals surface area contributed by atoms with E-state index in [0.29, 0.717) is 0 Å². The Bertz CT molecular complexity index is 1270. The van der Waals surface area contributed by atoms with Gasteiger partial charge in [-0.2, -0.15) is 0 Å². The lowest BCUT2D eigenvalue weighted by atomic mass is 9.95. The molecule has 0 saturated heterocycles. The molecule has 5 aromatic rings. The van der Waals surface area contributed by atoms with Gasteiger partial charge in [0.15, 0.2) is 0 Å². The molecular weight excluding hydrogens is 382 g/mol. The van der Waals surface area contributed by atoms with Gasteiger partial charge < -0.3 is 0 Å². The molecule has 0 unspecified atom stereocenters. The molecule has 1 nitrogen and oxygen atoms in total. The van der Waals surface area contributed by atoms with Crippen LogP contribution in [0.2, 0.25) is 0 Å². The van der Waals surface area contributed by atoms with Gasteiger partial charge in [-0.1, -0.05) is 94.8 Å². The largest absolute Gasteiger partial charge is 0.247 e. The van der Waals surface area contributed by atoms with Crippen LogP contribution in [0, 0.1) is 0 Å². The second-order valence-corrected chi connectivity index (χ2v) is 7.04. The van der Waals surface area contributed by atoms with Gasteiger partial charge in [0.25, 0.3) is 0 Å². The molecular formula is C24H16BrN. The van der Waals surface area contributed by atoms with Gasteiger partial charge >= 0.3 is 0 Å². The van der Waals surface area contributed by atoms with Crippen LogP contribution in [0.15, 0.2) is 84.9 Å². The molecule has 4 aromatic carbocycles. The van der Waals surface area contributed by atoms with Crippen molar-refractivity contribution in [2.45, 2.75) is 5.33 Å². The lowest BCUT2D eigenvalue weighted by Crippen LogP contribution is -1.91. The highest BCUT2D eigenvalue weighted by atomic mass is 79.9. The number of aromatic nitrogens is 1. The Kier molecular flexibility index (Phi) is 3.72. The van der Waals surface area contributed by atoms with E-state index < -0.39 is 0 Å². The van der Waals surface area contributed by atoms with E-state index in [1.54, 1.807) is 0 Å². The van der Waals surface area contributed by atoms with E-state index in [4.69, 9.17) is 4.98 Å². The molecule has 124 valence electrons. The standard InChI is InChI=1S/C24H16BrN/c25-15-16-7-5-12-18-17(16)11-6-13-22(18)24-21-10-2-1-8-19(21)20-9-3-4-14-23(20)26-24/h1-14H,15H2. The second-order valence-electron chi connectivity index (χ2n) is 6.47. The molecule has 5 rings (SSSR count). The maximum atomic E-state index is 5.07. The Balaban J connectivity index is 1.94. The molecule has 0 aliphatic rings. The van der Waals surface area contributed by atoms with Crippen molar-refractivity contribution in [2.24, 2.45) is 0 Å². The van der Waals surface area contributed by atoms with Crippen molar-refractivity contribution in [2.75, 3.05) is 0 Å². The number of benzene rings is 4. The Labute approximate surface area is 160 Å². The average Bonchev–Trinajstić information content (AvgIpc) is 2.72. The smallest absolute Gasteiger partial charge is 0.0794 e. The summed E-state index contributed by atoms with van der Waals surface area (Å²) in [6.07, 6.45) is 0. The van der Waals surface area contributed by atoms with Gasteiger partial charge in [0, 0.05) is 21.7 Å². The molecule has 2 heteroatoms. The first kappa shape index (κ1) is 15.5. The first-order valence-corrected chi connectivity index (χ1v) is 9.83. The van der Waals surface area contributed by atoms with Crippen LogP contribution >= 0.6 is 15.9 Å². The molecule has 0 spiro atoms. The molecule has 0 aliphatic carbocycles. The molecule has 0 bridgehead atoms. The molecule has 0 saturated carbocycles. The zero-order chi connectivity index (χ0) is 17.5. The SMILES string of the molecule is BrCc1cccc2c(-c3nc4ccccc4c4ccccc34)cccc12. The molecule has 0 atom stereocenters. The van der Waals surface area contributed by atoms with E-state index >= 15 is 0 Å². The Morgan fingerprint density at radius 1 is 0.577 bits per heavy atom. The fourth-order valence-corrected chi connectivity index (χ4v) is 4.30. The summed E-state index contributed by atoms with van der Waals surface area (Å²) >= 11 is 3.62. The Hall–Kier alpha value is -2.71. The lowest BCUT2D eigenvalue weighted by Gasteiger charge is -2.13. The van der Waals surface area contributed by atoms with Crippen molar-refractivity contribution in [3.8, 4) is 11.3 Å². The predicted octanol–water partition coefficient (Wildman–Crippen LogP) is 7.10. The van der Waals surface area contributed by atoms with Crippen molar-refractivity contribution in [1.29, 1.82) is 0 Å². The highest BCUT2D eigenvalue weighted by Crippen LogP contribution is 2.36. The van der Waals surface area contributed by atoms with Crippen molar-refractivity contribution in [1.82, 2.24) is 4.98 Å². The van der Waals surface area contributed by atoms with Gasteiger partial charge in [-0.05, 0) is 27.8 Å². The van der Waals surface area contributed by atoms with Gasteiger partial charge in [-0.3, -0.25) is 0 Å². The average molecular weight is 398 g/mol. The quantitative estimate of drug-likeness (QED) is 0.228. The number of para-hydroxylation sites is 1. The zero-order valence-electron chi connectivity index (χ0n) is 14.1. The van der Waals surface area contributed by atoms with Crippen LogP contribution < -0.4 is 0 Å². The number of hydrogen-bond acceptors (Lipinski definition) is 1. The molecule has 0 radical (unpaired) electrons. The number of pyridine rings is 1. The maximum absolute atomic E-state index is 5.07. The first-order chi connectivity index (χ1) is 12.9. The van der Waals surface area contributed by atoms with Crippen LogP contribution in [0.5, 0.6) is 0 Å². The van der Waals surface area contributed by atoms with Crippen LogP contribution in [0.1, 0.15) is 5.56 Å². The third kappa shape index (κ3) is 2.33. The van der Waals surface area contributed by atoms with E-state index in [1.165, 1.54) is 38.1 Å². The third-order valence-electron chi connectivity index (χ3n) is 5.02. The lowest BCUT2D eigenvalue weighted by molar-refractivity contribution is 1.43. The summed E-state index contributed by atoms with van der Waals surface area (Å²) < 4.78 is 0. The molecule has 26 heavy (non-hydrogen) atoms. The zero-order valence-corrected chi connectivity index (χ0v) is 15.7. The minimum Gasteiger partial charge on any atom is -0.247 e. The fourth-order valence-electron chi connectivity index (χ4n) is 3.81. The van der Waals surface area contributed by atoms with Crippen LogP contribution in [0.3, 0.4) is 0 Å². The van der Waals surface area contributed by atoms with E-state index in [0.717, 1.165) is 16.5 Å². The molecule has 0 fully saturated rings. The van der Waals surface area contributed by atoms with Crippen molar-refractivity contribution in [3.63, 3.8) is 0 Å². The summed E-state index contributed by atoms with van der Waals surface area (Å²) in [6.45, 7) is 0. The van der Waals surface area contributed by atoms with Gasteiger partial charge in [0.1, 0.15) is 0 Å². The number of rotatable bonds is 2. The minimum atomic E-state index is 0.847. The third-order valence-corrected chi connectivity index (χ3v) is 5.62. The second kappa shape index (κ2) is 6.22. The van der Waals surface area contributed by atoms with Crippen LogP contribution in [0.25, 0.3) is 43.7 Å². The number of halogens is 1. The molecule has 0 amide bonds. The van der Waals surface area contributed by atoms with Gasteiger partial charge in [0.05, 0.1) is 11.2 Å². The topological polar surface area (TPSA) is 12.9 Å². The summed E-state index contributed by atoms with van der Waals surface area (Å²) in [5, 5.41) is 7.02. The first-order valence-electron chi connectivity index (χ1n) is 8.71. The fraction of sp³-hybridized carbons (Fsp3) is 0.0417. The van der Waals surface area contributed by atoms with E-state index in [1.807, 2.05) is 0 Å². The van der Waals surface area contributed by atoms with Gasteiger partial charge in [0.2, 0.25) is 0 Å². The molecule has 0 aliphatic heterocycles. The summed E-state index contributed by atoms with van der Waals surface area (Å²) in [7, 11) is 0. The monoisotopic (exact) mass is 397 g/mol. The highest BCUT2D eigenvalue weighted by Gasteiger charge is 2.13. The number of hydrogen-bond donors (Lipinski definition) is 0. The van der Waals surface area contributed by atoms with Crippen LogP contribution in [-0.2, 0) is 5.33 Å². The molecule has 0 N–H and O–H groups in total. The molecule has 1 heterocycles. The Morgan fingerprint density at radius 3 is 2.08 bits per heavy atom. The summed E-state index contributed by atoms with van der Waals surface area (Å²) in [5.41, 5.74) is 4.58. The predicted molar refractivity (Wildman–Crippen MR) is 115 cm³/mol. The van der Waals surface area contributed by atoms with Gasteiger partial charge in [-0.15, -0.1) is 0 Å². The van der Waals surface area contributed by atoms with Gasteiger partial charge in [-0.25, -0.2) is 4.98 Å². The summed E-state index contributed by atoms with van der Waals surface area (Å²) in [4.78, 5) is 5.07. The Morgan fingerprint density at radius 2 is 1.23 bits per heavy atom.